The minimum absolute atomic E-state index is 0.166. The van der Waals surface area contributed by atoms with Crippen molar-refractivity contribution in [3.05, 3.63) is 53.1 Å². The van der Waals surface area contributed by atoms with Gasteiger partial charge in [0.05, 0.1) is 5.69 Å². The van der Waals surface area contributed by atoms with Crippen molar-refractivity contribution in [2.45, 2.75) is 24.5 Å². The molecule has 0 aliphatic carbocycles. The van der Waals surface area contributed by atoms with E-state index >= 15 is 0 Å². The molecule has 0 atom stereocenters. The molecule has 5 heteroatoms. The summed E-state index contributed by atoms with van der Waals surface area (Å²) in [6.45, 7) is 4.13. The average molecular weight is 274 g/mol. The zero-order valence-corrected chi connectivity index (χ0v) is 11.6. The number of carboxylic acids is 1. The van der Waals surface area contributed by atoms with E-state index in [-0.39, 0.29) is 5.56 Å². The van der Waals surface area contributed by atoms with Gasteiger partial charge in [0.2, 0.25) is 0 Å². The summed E-state index contributed by atoms with van der Waals surface area (Å²) in [5, 5.41) is 9.05. The second-order valence-corrected chi connectivity index (χ2v) is 5.27. The quantitative estimate of drug-likeness (QED) is 0.868. The Morgan fingerprint density at radius 2 is 2.11 bits per heavy atom. The van der Waals surface area contributed by atoms with Crippen LogP contribution in [0.5, 0.6) is 0 Å². The molecule has 0 aliphatic heterocycles. The number of aromatic carboxylic acids is 1. The lowest BCUT2D eigenvalue weighted by atomic mass is 10.1. The lowest BCUT2D eigenvalue weighted by Crippen LogP contribution is -2.04. The molecule has 1 N–H and O–H groups in total. The van der Waals surface area contributed by atoms with Crippen LogP contribution in [0.15, 0.2) is 35.6 Å². The molecule has 1 aromatic heterocycles. The first kappa shape index (κ1) is 13.5. The van der Waals surface area contributed by atoms with Crippen molar-refractivity contribution >= 4 is 17.7 Å². The van der Waals surface area contributed by atoms with E-state index in [4.69, 9.17) is 5.11 Å². The van der Waals surface area contributed by atoms with E-state index in [9.17, 15) is 4.79 Å². The normalized spacial score (nSPS) is 10.4. The first-order valence-electron chi connectivity index (χ1n) is 5.80. The zero-order chi connectivity index (χ0) is 13.8. The summed E-state index contributed by atoms with van der Waals surface area (Å²) in [6.07, 6.45) is 2.72. The third kappa shape index (κ3) is 3.32. The number of benzene rings is 1. The lowest BCUT2D eigenvalue weighted by Gasteiger charge is -2.06. The Hall–Kier alpha value is -1.88. The fraction of sp³-hybridized carbons (Fsp3) is 0.214. The molecule has 1 aromatic carbocycles. The molecule has 0 spiro atoms. The number of nitrogens with zero attached hydrogens (tertiary/aromatic N) is 2. The van der Waals surface area contributed by atoms with Gasteiger partial charge in [0.15, 0.2) is 0 Å². The van der Waals surface area contributed by atoms with E-state index in [1.54, 1.807) is 11.8 Å². The number of hydrogen-bond acceptors (Lipinski definition) is 4. The van der Waals surface area contributed by atoms with Crippen LogP contribution < -0.4 is 0 Å². The van der Waals surface area contributed by atoms with E-state index in [1.165, 1.54) is 23.7 Å². The van der Waals surface area contributed by atoms with E-state index in [0.29, 0.717) is 11.4 Å². The van der Waals surface area contributed by atoms with Crippen molar-refractivity contribution in [2.24, 2.45) is 0 Å². The lowest BCUT2D eigenvalue weighted by molar-refractivity contribution is 0.0695. The maximum absolute atomic E-state index is 11.0. The van der Waals surface area contributed by atoms with Gasteiger partial charge in [-0.2, -0.15) is 0 Å². The third-order valence-corrected chi connectivity index (χ3v) is 3.88. The van der Waals surface area contributed by atoms with Crippen LogP contribution in [0.4, 0.5) is 0 Å². The Morgan fingerprint density at radius 3 is 2.79 bits per heavy atom. The number of rotatable bonds is 4. The molecule has 1 heterocycles. The maximum atomic E-state index is 11.0. The summed E-state index contributed by atoms with van der Waals surface area (Å²) >= 11 is 1.57. The van der Waals surface area contributed by atoms with Crippen LogP contribution in [-0.4, -0.2) is 21.0 Å². The predicted molar refractivity (Wildman–Crippen MR) is 74.5 cm³/mol. The summed E-state index contributed by atoms with van der Waals surface area (Å²) in [4.78, 5) is 19.9. The SMILES string of the molecule is Cc1ccc(SCc2ncncc2C(=O)O)cc1C. The molecule has 0 amide bonds. The van der Waals surface area contributed by atoms with Crippen LogP contribution in [0.3, 0.4) is 0 Å². The standard InChI is InChI=1S/C14H14N2O2S/c1-9-3-4-11(5-10(9)2)19-7-13-12(14(17)18)6-15-8-16-13/h3-6,8H,7H2,1-2H3,(H,17,18). The molecule has 2 rings (SSSR count). The van der Waals surface area contributed by atoms with Crippen LogP contribution in [0.25, 0.3) is 0 Å². The van der Waals surface area contributed by atoms with Crippen molar-refractivity contribution in [1.29, 1.82) is 0 Å². The molecule has 19 heavy (non-hydrogen) atoms. The fourth-order valence-corrected chi connectivity index (χ4v) is 2.56. The molecule has 0 bridgehead atoms. The second-order valence-electron chi connectivity index (χ2n) is 4.22. The van der Waals surface area contributed by atoms with Gasteiger partial charge in [-0.15, -0.1) is 11.8 Å². The molecular weight excluding hydrogens is 260 g/mol. The molecular formula is C14H14N2O2S. The summed E-state index contributed by atoms with van der Waals surface area (Å²) in [5.74, 6) is -0.469. The van der Waals surface area contributed by atoms with Gasteiger partial charge in [-0.05, 0) is 37.1 Å². The first-order valence-corrected chi connectivity index (χ1v) is 6.78. The Bertz CT molecular complexity index is 614. The van der Waals surface area contributed by atoms with Gasteiger partial charge in [-0.25, -0.2) is 14.8 Å². The van der Waals surface area contributed by atoms with Crippen LogP contribution in [-0.2, 0) is 5.75 Å². The van der Waals surface area contributed by atoms with E-state index < -0.39 is 5.97 Å². The van der Waals surface area contributed by atoms with Crippen LogP contribution in [0.2, 0.25) is 0 Å². The molecule has 0 aliphatic rings. The Kier molecular flexibility index (Phi) is 4.16. The highest BCUT2D eigenvalue weighted by molar-refractivity contribution is 7.98. The van der Waals surface area contributed by atoms with Gasteiger partial charge < -0.3 is 5.11 Å². The smallest absolute Gasteiger partial charge is 0.339 e. The Labute approximate surface area is 115 Å². The third-order valence-electron chi connectivity index (χ3n) is 2.88. The topological polar surface area (TPSA) is 63.1 Å². The second kappa shape index (κ2) is 5.84. The molecule has 0 fully saturated rings. The van der Waals surface area contributed by atoms with E-state index in [0.717, 1.165) is 4.90 Å². The molecule has 2 aromatic rings. The molecule has 0 radical (unpaired) electrons. The molecule has 98 valence electrons. The minimum Gasteiger partial charge on any atom is -0.478 e. The van der Waals surface area contributed by atoms with Gasteiger partial charge in [-0.1, -0.05) is 6.07 Å². The van der Waals surface area contributed by atoms with Crippen LogP contribution in [0, 0.1) is 13.8 Å². The summed E-state index contributed by atoms with van der Waals surface area (Å²) < 4.78 is 0. The fourth-order valence-electron chi connectivity index (χ4n) is 1.60. The van der Waals surface area contributed by atoms with E-state index in [1.807, 2.05) is 6.07 Å². The number of hydrogen-bond donors (Lipinski definition) is 1. The summed E-state index contributed by atoms with van der Waals surface area (Å²) in [6, 6.07) is 6.20. The largest absolute Gasteiger partial charge is 0.478 e. The van der Waals surface area contributed by atoms with Gasteiger partial charge >= 0.3 is 5.97 Å². The highest BCUT2D eigenvalue weighted by atomic mass is 32.2. The molecule has 0 unspecified atom stereocenters. The van der Waals surface area contributed by atoms with E-state index in [2.05, 4.69) is 35.9 Å². The van der Waals surface area contributed by atoms with Crippen molar-refractivity contribution in [1.82, 2.24) is 9.97 Å². The minimum atomic E-state index is -0.990. The van der Waals surface area contributed by atoms with Crippen LogP contribution in [0.1, 0.15) is 27.2 Å². The van der Waals surface area contributed by atoms with Gasteiger partial charge in [-0.3, -0.25) is 0 Å². The summed E-state index contributed by atoms with van der Waals surface area (Å²) in [7, 11) is 0. The Balaban J connectivity index is 2.14. The van der Waals surface area contributed by atoms with Gasteiger partial charge in [0, 0.05) is 16.8 Å². The first-order chi connectivity index (χ1) is 9.08. The number of carboxylic acid groups (broad SMARTS) is 1. The Morgan fingerprint density at radius 1 is 1.32 bits per heavy atom. The van der Waals surface area contributed by atoms with Crippen molar-refractivity contribution in [2.75, 3.05) is 0 Å². The van der Waals surface area contributed by atoms with Crippen molar-refractivity contribution in [3.63, 3.8) is 0 Å². The highest BCUT2D eigenvalue weighted by Gasteiger charge is 2.11. The highest BCUT2D eigenvalue weighted by Crippen LogP contribution is 2.25. The number of aromatic nitrogens is 2. The van der Waals surface area contributed by atoms with Crippen molar-refractivity contribution in [3.8, 4) is 0 Å². The van der Waals surface area contributed by atoms with Crippen molar-refractivity contribution < 1.29 is 9.90 Å². The maximum Gasteiger partial charge on any atom is 0.339 e. The predicted octanol–water partition coefficient (Wildman–Crippen LogP) is 3.08. The molecule has 0 saturated carbocycles. The number of carbonyl (C=O) groups is 1. The number of aryl methyl sites for hydroxylation is 2. The number of thioether (sulfide) groups is 1. The monoisotopic (exact) mass is 274 g/mol. The summed E-state index contributed by atoms with van der Waals surface area (Å²) in [5.41, 5.74) is 3.19. The van der Waals surface area contributed by atoms with Gasteiger partial charge in [0.1, 0.15) is 11.9 Å². The zero-order valence-electron chi connectivity index (χ0n) is 10.8. The molecule has 0 saturated heterocycles. The van der Waals surface area contributed by atoms with Gasteiger partial charge in [0.25, 0.3) is 0 Å². The average Bonchev–Trinajstić information content (AvgIpc) is 2.40. The van der Waals surface area contributed by atoms with Crippen LogP contribution >= 0.6 is 11.8 Å². The molecule has 4 nitrogen and oxygen atoms in total.